The predicted molar refractivity (Wildman–Crippen MR) is 113 cm³/mol. The molecule has 2 N–H and O–H groups in total. The van der Waals surface area contributed by atoms with Crippen molar-refractivity contribution in [1.29, 1.82) is 0 Å². The topological polar surface area (TPSA) is 68.4 Å². The van der Waals surface area contributed by atoms with E-state index in [9.17, 15) is 9.59 Å². The number of carbonyl (C=O) groups excluding carboxylic acids is 2. The molecule has 0 bridgehead atoms. The van der Waals surface area contributed by atoms with E-state index in [1.807, 2.05) is 31.2 Å². The van der Waals surface area contributed by atoms with E-state index in [2.05, 4.69) is 35.4 Å². The zero-order valence-electron chi connectivity index (χ0n) is 16.9. The molecule has 3 heterocycles. The van der Waals surface area contributed by atoms with E-state index in [0.717, 1.165) is 33.4 Å². The maximum absolute atomic E-state index is 13.8. The van der Waals surface area contributed by atoms with E-state index in [0.29, 0.717) is 19.5 Å². The maximum Gasteiger partial charge on any atom is 0.318 e. The van der Waals surface area contributed by atoms with Gasteiger partial charge in [-0.25, -0.2) is 4.79 Å². The predicted octanol–water partition coefficient (Wildman–Crippen LogP) is 3.28. The summed E-state index contributed by atoms with van der Waals surface area (Å²) in [7, 11) is 1.78. The second-order valence-corrected chi connectivity index (χ2v) is 7.86. The summed E-state index contributed by atoms with van der Waals surface area (Å²) >= 11 is 0. The molecule has 0 saturated carbocycles. The molecule has 1 spiro atoms. The molecule has 6 heteroatoms. The van der Waals surface area contributed by atoms with Gasteiger partial charge in [0.05, 0.1) is 5.69 Å². The fourth-order valence-corrected chi connectivity index (χ4v) is 5.00. The molecule has 1 aromatic heterocycles. The van der Waals surface area contributed by atoms with Crippen molar-refractivity contribution in [2.75, 3.05) is 25.0 Å². The second kappa shape index (κ2) is 6.11. The van der Waals surface area contributed by atoms with E-state index in [1.165, 1.54) is 5.56 Å². The zero-order chi connectivity index (χ0) is 20.3. The van der Waals surface area contributed by atoms with Gasteiger partial charge >= 0.3 is 6.03 Å². The van der Waals surface area contributed by atoms with Crippen LogP contribution in [0.4, 0.5) is 10.5 Å². The number of hydrogen-bond donors (Lipinski definition) is 2. The number of benzene rings is 2. The van der Waals surface area contributed by atoms with Gasteiger partial charge in [-0.3, -0.25) is 4.79 Å². The van der Waals surface area contributed by atoms with Crippen LogP contribution in [0.2, 0.25) is 0 Å². The zero-order valence-corrected chi connectivity index (χ0v) is 16.9. The Morgan fingerprint density at radius 3 is 2.83 bits per heavy atom. The molecule has 3 aromatic rings. The molecule has 0 radical (unpaired) electrons. The quantitative estimate of drug-likeness (QED) is 0.672. The molecule has 6 nitrogen and oxygen atoms in total. The number of aromatic amines is 1. The number of aromatic nitrogens is 1. The minimum absolute atomic E-state index is 0.103. The largest absolute Gasteiger partial charge is 0.355 e. The van der Waals surface area contributed by atoms with Crippen molar-refractivity contribution in [2.45, 2.75) is 25.8 Å². The van der Waals surface area contributed by atoms with Gasteiger partial charge in [-0.15, -0.1) is 0 Å². The van der Waals surface area contributed by atoms with Crippen LogP contribution in [0.15, 0.2) is 42.5 Å². The minimum Gasteiger partial charge on any atom is -0.355 e. The molecular weight excluding hydrogens is 364 g/mol. The van der Waals surface area contributed by atoms with E-state index in [4.69, 9.17) is 0 Å². The van der Waals surface area contributed by atoms with E-state index < -0.39 is 5.54 Å². The molecule has 3 amide bonds. The van der Waals surface area contributed by atoms with Gasteiger partial charge in [0.1, 0.15) is 0 Å². The fourth-order valence-electron chi connectivity index (χ4n) is 5.00. The number of likely N-dealkylation sites (N-methyl/N-ethyl adjacent to an activating group) is 1. The summed E-state index contributed by atoms with van der Waals surface area (Å²) in [6.07, 6.45) is 0.705. The number of carbonyl (C=O) groups is 2. The van der Waals surface area contributed by atoms with Gasteiger partial charge in [-0.2, -0.15) is 0 Å². The van der Waals surface area contributed by atoms with Crippen LogP contribution < -0.4 is 10.2 Å². The monoisotopic (exact) mass is 388 g/mol. The fraction of sp³-hybridized carbons (Fsp3) is 0.304. The molecule has 148 valence electrons. The standard InChI is InChI=1S/C23H24N4O2/c1-4-24-22(29)27-12-11-15-16-13-14(2)9-10-18(16)25-20(15)23(27)17-7-5-6-8-19(17)26(3)21(23)28/h5-10,13,25H,4,11-12H2,1-3H3,(H,24,29)/t23-/m1/s1. The van der Waals surface area contributed by atoms with Crippen LogP contribution in [0.1, 0.15) is 29.3 Å². The number of aryl methyl sites for hydroxylation is 1. The minimum atomic E-state index is -1.18. The number of fused-ring (bicyclic) bond motifs is 6. The SMILES string of the molecule is CCNC(=O)N1CCc2c([nH]c3ccc(C)cc23)[C@]12C(=O)N(C)c1ccccc12. The maximum atomic E-state index is 13.8. The van der Waals surface area contributed by atoms with Crippen LogP contribution >= 0.6 is 0 Å². The summed E-state index contributed by atoms with van der Waals surface area (Å²) < 4.78 is 0. The summed E-state index contributed by atoms with van der Waals surface area (Å²) in [4.78, 5) is 33.9. The number of anilines is 1. The second-order valence-electron chi connectivity index (χ2n) is 7.86. The number of hydrogen-bond acceptors (Lipinski definition) is 2. The first-order valence-corrected chi connectivity index (χ1v) is 10.0. The molecule has 2 aromatic carbocycles. The molecule has 2 aliphatic heterocycles. The van der Waals surface area contributed by atoms with Gasteiger partial charge < -0.3 is 20.1 Å². The lowest BCUT2D eigenvalue weighted by atomic mass is 9.80. The van der Waals surface area contributed by atoms with Crippen LogP contribution in [-0.2, 0) is 16.8 Å². The lowest BCUT2D eigenvalue weighted by Gasteiger charge is -2.43. The first-order chi connectivity index (χ1) is 14.0. The number of rotatable bonds is 1. The third-order valence-corrected chi connectivity index (χ3v) is 6.26. The first kappa shape index (κ1) is 17.8. The highest BCUT2D eigenvalue weighted by Crippen LogP contribution is 2.51. The molecule has 29 heavy (non-hydrogen) atoms. The van der Waals surface area contributed by atoms with Crippen LogP contribution in [0, 0.1) is 6.92 Å². The number of nitrogens with one attached hydrogen (secondary N) is 2. The molecule has 0 unspecified atom stereocenters. The summed E-state index contributed by atoms with van der Waals surface area (Å²) in [5.41, 5.74) is 4.63. The highest BCUT2D eigenvalue weighted by Gasteiger charge is 2.60. The molecule has 0 saturated heterocycles. The summed E-state index contributed by atoms with van der Waals surface area (Å²) in [5, 5.41) is 4.04. The highest BCUT2D eigenvalue weighted by atomic mass is 16.2. The van der Waals surface area contributed by atoms with Gasteiger partial charge in [-0.1, -0.05) is 29.8 Å². The van der Waals surface area contributed by atoms with Crippen molar-refractivity contribution in [3.05, 3.63) is 64.8 Å². The Bertz CT molecular complexity index is 1160. The first-order valence-electron chi connectivity index (χ1n) is 10.0. The lowest BCUT2D eigenvalue weighted by molar-refractivity contribution is -0.126. The van der Waals surface area contributed by atoms with E-state index in [-0.39, 0.29) is 11.9 Å². The van der Waals surface area contributed by atoms with Crippen molar-refractivity contribution < 1.29 is 9.59 Å². The van der Waals surface area contributed by atoms with Gasteiger partial charge in [0.25, 0.3) is 5.91 Å². The summed E-state index contributed by atoms with van der Waals surface area (Å²) in [6.45, 7) is 4.95. The Hall–Kier alpha value is -3.28. The smallest absolute Gasteiger partial charge is 0.318 e. The third-order valence-electron chi connectivity index (χ3n) is 6.26. The Labute approximate surface area is 169 Å². The number of H-pyrrole nitrogens is 1. The Kier molecular flexibility index (Phi) is 3.75. The molecule has 1 atom stereocenters. The number of para-hydroxylation sites is 1. The van der Waals surface area contributed by atoms with Crippen LogP contribution in [0.25, 0.3) is 10.9 Å². The molecule has 5 rings (SSSR count). The van der Waals surface area contributed by atoms with E-state index >= 15 is 0 Å². The molecule has 2 aliphatic rings. The number of nitrogens with zero attached hydrogens (tertiary/aromatic N) is 2. The Morgan fingerprint density at radius 2 is 2.03 bits per heavy atom. The Morgan fingerprint density at radius 1 is 1.24 bits per heavy atom. The van der Waals surface area contributed by atoms with Gasteiger partial charge in [0, 0.05) is 42.3 Å². The Balaban J connectivity index is 1.86. The third kappa shape index (κ3) is 2.17. The summed E-state index contributed by atoms with van der Waals surface area (Å²) in [6, 6.07) is 13.8. The van der Waals surface area contributed by atoms with Crippen molar-refractivity contribution in [1.82, 2.24) is 15.2 Å². The van der Waals surface area contributed by atoms with Crippen LogP contribution in [0.3, 0.4) is 0 Å². The van der Waals surface area contributed by atoms with Crippen molar-refractivity contribution in [3.63, 3.8) is 0 Å². The highest BCUT2D eigenvalue weighted by molar-refractivity contribution is 6.12. The van der Waals surface area contributed by atoms with Gasteiger partial charge in [0.15, 0.2) is 5.54 Å². The number of urea groups is 1. The van der Waals surface area contributed by atoms with Gasteiger partial charge in [-0.05, 0) is 44.0 Å². The average molecular weight is 388 g/mol. The normalized spacial score (nSPS) is 20.3. The average Bonchev–Trinajstić information content (AvgIpc) is 3.19. The molecule has 0 fully saturated rings. The van der Waals surface area contributed by atoms with Crippen molar-refractivity contribution in [3.8, 4) is 0 Å². The summed E-state index contributed by atoms with van der Waals surface area (Å²) in [5.74, 6) is -0.103. The van der Waals surface area contributed by atoms with Gasteiger partial charge in [0.2, 0.25) is 0 Å². The van der Waals surface area contributed by atoms with Crippen molar-refractivity contribution >= 4 is 28.5 Å². The van der Waals surface area contributed by atoms with Crippen molar-refractivity contribution in [2.24, 2.45) is 0 Å². The lowest BCUT2D eigenvalue weighted by Crippen LogP contribution is -2.61. The molecular formula is C23H24N4O2. The number of amides is 3. The van der Waals surface area contributed by atoms with Crippen LogP contribution in [0.5, 0.6) is 0 Å². The van der Waals surface area contributed by atoms with Crippen LogP contribution in [-0.4, -0.2) is 42.0 Å². The van der Waals surface area contributed by atoms with E-state index in [1.54, 1.807) is 16.8 Å². The molecule has 0 aliphatic carbocycles.